The van der Waals surface area contributed by atoms with Crippen LogP contribution in [-0.2, 0) is 10.0 Å². The van der Waals surface area contributed by atoms with E-state index in [1.165, 1.54) is 0 Å². The van der Waals surface area contributed by atoms with Gasteiger partial charge in [-0.2, -0.15) is 13.2 Å². The van der Waals surface area contributed by atoms with Gasteiger partial charge in [0.2, 0.25) is 10.0 Å². The second-order valence-corrected chi connectivity index (χ2v) is 3.48. The van der Waals surface area contributed by atoms with Crippen LogP contribution in [0.4, 0.5) is 13.2 Å². The van der Waals surface area contributed by atoms with Gasteiger partial charge in [0.25, 0.3) is 0 Å². The van der Waals surface area contributed by atoms with E-state index in [-0.39, 0.29) is 0 Å². The zero-order valence-electron chi connectivity index (χ0n) is 5.22. The molecule has 0 saturated carbocycles. The Bertz CT molecular complexity index is 208. The van der Waals surface area contributed by atoms with Gasteiger partial charge in [-0.1, -0.05) is 0 Å². The first-order valence-electron chi connectivity index (χ1n) is 2.46. The molecule has 0 saturated heterocycles. The molecule has 0 unspecified atom stereocenters. The molecule has 68 valence electrons. The van der Waals surface area contributed by atoms with E-state index in [2.05, 4.69) is 0 Å². The second-order valence-electron chi connectivity index (χ2n) is 1.64. The first-order chi connectivity index (χ1) is 4.77. The van der Waals surface area contributed by atoms with Gasteiger partial charge in [-0.05, 0) is 0 Å². The summed E-state index contributed by atoms with van der Waals surface area (Å²) in [5.74, 6) is -0.952. The van der Waals surface area contributed by atoms with Crippen molar-refractivity contribution in [3.8, 4) is 0 Å². The third-order valence-electron chi connectivity index (χ3n) is 0.631. The van der Waals surface area contributed by atoms with Gasteiger partial charge in [0, 0.05) is 0 Å². The first kappa shape index (κ1) is 10.7. The number of rotatable bonds is 3. The van der Waals surface area contributed by atoms with Crippen LogP contribution in [0.3, 0.4) is 0 Å². The summed E-state index contributed by atoms with van der Waals surface area (Å²) in [6.07, 6.45) is -4.96. The number of nitrogens with one attached hydrogen (secondary N) is 1. The molecule has 2 N–H and O–H groups in total. The Morgan fingerprint density at radius 2 is 1.82 bits per heavy atom. The molecular formula is C3H6F3NO3S. The summed E-state index contributed by atoms with van der Waals surface area (Å²) in [7, 11) is -4.41. The Morgan fingerprint density at radius 3 is 2.09 bits per heavy atom. The topological polar surface area (TPSA) is 66.4 Å². The summed E-state index contributed by atoms with van der Waals surface area (Å²) in [6, 6.07) is 0. The standard InChI is InChI=1S/C3H6F3NO3S/c4-3(5,6)7-11(9,10)2-1-8/h7-8H,1-2H2. The monoisotopic (exact) mass is 193 g/mol. The Kier molecular flexibility index (Phi) is 3.27. The molecule has 0 aliphatic rings. The molecule has 0 aromatic heterocycles. The molecule has 0 atom stereocenters. The lowest BCUT2D eigenvalue weighted by atomic mass is 10.9. The van der Waals surface area contributed by atoms with Crippen molar-refractivity contribution in [2.75, 3.05) is 12.4 Å². The summed E-state index contributed by atoms with van der Waals surface area (Å²) >= 11 is 0. The largest absolute Gasteiger partial charge is 0.470 e. The fraction of sp³-hybridized carbons (Fsp3) is 1.00. The number of hydrogen-bond acceptors (Lipinski definition) is 3. The van der Waals surface area contributed by atoms with Gasteiger partial charge in [-0.3, -0.25) is 0 Å². The van der Waals surface area contributed by atoms with E-state index in [9.17, 15) is 21.6 Å². The van der Waals surface area contributed by atoms with E-state index in [4.69, 9.17) is 5.11 Å². The smallest absolute Gasteiger partial charge is 0.395 e. The molecule has 0 bridgehead atoms. The van der Waals surface area contributed by atoms with Gasteiger partial charge in [-0.25, -0.2) is 8.42 Å². The van der Waals surface area contributed by atoms with Gasteiger partial charge in [0.05, 0.1) is 12.4 Å². The molecule has 0 aromatic carbocycles. The third kappa shape index (κ3) is 6.07. The molecule has 0 rings (SSSR count). The normalized spacial score (nSPS) is 13.5. The molecule has 0 amide bonds. The highest BCUT2D eigenvalue weighted by Gasteiger charge is 2.33. The molecule has 0 aliphatic heterocycles. The minimum Gasteiger partial charge on any atom is -0.395 e. The highest BCUT2D eigenvalue weighted by atomic mass is 32.2. The SMILES string of the molecule is O=S(=O)(CCO)NC(F)(F)F. The minimum absolute atomic E-state index is 0.409. The van der Waals surface area contributed by atoms with Crippen molar-refractivity contribution in [2.24, 2.45) is 0 Å². The zero-order chi connectivity index (χ0) is 9.12. The molecule has 8 heteroatoms. The lowest BCUT2D eigenvalue weighted by Crippen LogP contribution is -2.39. The summed E-state index contributed by atoms with van der Waals surface area (Å²) in [5.41, 5.74) is 0. The Morgan fingerprint density at radius 1 is 1.36 bits per heavy atom. The maximum atomic E-state index is 11.3. The number of aliphatic hydroxyl groups is 1. The van der Waals surface area contributed by atoms with Crippen molar-refractivity contribution in [3.05, 3.63) is 0 Å². The highest BCUT2D eigenvalue weighted by Crippen LogP contribution is 2.10. The van der Waals surface area contributed by atoms with Crippen molar-refractivity contribution in [2.45, 2.75) is 6.30 Å². The fourth-order valence-electron chi connectivity index (χ4n) is 0.348. The van der Waals surface area contributed by atoms with Crippen LogP contribution in [0.1, 0.15) is 0 Å². The molecule has 4 nitrogen and oxygen atoms in total. The van der Waals surface area contributed by atoms with E-state index in [0.717, 1.165) is 0 Å². The van der Waals surface area contributed by atoms with Gasteiger partial charge in [0.15, 0.2) is 0 Å². The van der Waals surface area contributed by atoms with Crippen molar-refractivity contribution < 1.29 is 26.7 Å². The third-order valence-corrected chi connectivity index (χ3v) is 1.89. The van der Waals surface area contributed by atoms with Crippen LogP contribution >= 0.6 is 0 Å². The number of hydrogen-bond donors (Lipinski definition) is 2. The van der Waals surface area contributed by atoms with Crippen LogP contribution in [0.25, 0.3) is 0 Å². The Balaban J connectivity index is 4.15. The maximum Gasteiger partial charge on any atom is 0.470 e. The minimum atomic E-state index is -4.96. The number of halogens is 3. The maximum absolute atomic E-state index is 11.3. The van der Waals surface area contributed by atoms with Crippen LogP contribution in [0, 0.1) is 0 Å². The first-order valence-corrected chi connectivity index (χ1v) is 4.11. The average Bonchev–Trinajstić information content (AvgIpc) is 1.55. The Labute approximate surface area is 61.1 Å². The molecule has 0 aliphatic carbocycles. The van der Waals surface area contributed by atoms with E-state index < -0.39 is 28.7 Å². The summed E-state index contributed by atoms with van der Waals surface area (Å²) in [5, 5.41) is 8.01. The molecule has 11 heavy (non-hydrogen) atoms. The Hall–Kier alpha value is -0.340. The second kappa shape index (κ2) is 3.37. The van der Waals surface area contributed by atoms with Crippen LogP contribution in [0.15, 0.2) is 0 Å². The molecule has 0 spiro atoms. The van der Waals surface area contributed by atoms with Crippen molar-refractivity contribution in [1.29, 1.82) is 0 Å². The van der Waals surface area contributed by atoms with Gasteiger partial charge < -0.3 is 5.11 Å². The van der Waals surface area contributed by atoms with Crippen LogP contribution in [0.5, 0.6) is 0 Å². The predicted octanol–water partition coefficient (Wildman–Crippen LogP) is -0.582. The van der Waals surface area contributed by atoms with Gasteiger partial charge in [0.1, 0.15) is 0 Å². The van der Waals surface area contributed by atoms with Gasteiger partial charge in [-0.15, -0.1) is 4.72 Å². The lowest BCUT2D eigenvalue weighted by molar-refractivity contribution is -0.138. The van der Waals surface area contributed by atoms with E-state index in [1.807, 2.05) is 0 Å². The van der Waals surface area contributed by atoms with Crippen molar-refractivity contribution >= 4 is 10.0 Å². The molecular weight excluding hydrogens is 187 g/mol. The molecule has 0 aromatic rings. The predicted molar refractivity (Wildman–Crippen MR) is 30.1 cm³/mol. The summed E-state index contributed by atoms with van der Waals surface area (Å²) in [4.78, 5) is 0. The quantitative estimate of drug-likeness (QED) is 0.589. The molecule has 0 radical (unpaired) electrons. The summed E-state index contributed by atoms with van der Waals surface area (Å²) in [6.45, 7) is -0.842. The molecule has 0 fully saturated rings. The lowest BCUT2D eigenvalue weighted by Gasteiger charge is -2.07. The van der Waals surface area contributed by atoms with Crippen LogP contribution < -0.4 is 4.72 Å². The van der Waals surface area contributed by atoms with Crippen LogP contribution in [0.2, 0.25) is 0 Å². The van der Waals surface area contributed by atoms with E-state index in [0.29, 0.717) is 4.72 Å². The zero-order valence-corrected chi connectivity index (χ0v) is 6.04. The number of sulfonamides is 1. The van der Waals surface area contributed by atoms with E-state index in [1.54, 1.807) is 0 Å². The fourth-order valence-corrected chi connectivity index (χ4v) is 1.04. The number of alkyl halides is 3. The van der Waals surface area contributed by atoms with Crippen molar-refractivity contribution in [3.63, 3.8) is 0 Å². The van der Waals surface area contributed by atoms with E-state index >= 15 is 0 Å². The average molecular weight is 193 g/mol. The van der Waals surface area contributed by atoms with Gasteiger partial charge >= 0.3 is 6.30 Å². The van der Waals surface area contributed by atoms with Crippen LogP contribution in [-0.4, -0.2) is 32.2 Å². The number of aliphatic hydroxyl groups excluding tert-OH is 1. The van der Waals surface area contributed by atoms with Crippen molar-refractivity contribution in [1.82, 2.24) is 4.72 Å². The highest BCUT2D eigenvalue weighted by molar-refractivity contribution is 7.89. The molecule has 0 heterocycles. The summed E-state index contributed by atoms with van der Waals surface area (Å²) < 4.78 is 54.8.